The summed E-state index contributed by atoms with van der Waals surface area (Å²) >= 11 is 1.31. The van der Waals surface area contributed by atoms with Crippen LogP contribution >= 0.6 is 11.8 Å². The molecule has 1 aliphatic carbocycles. The van der Waals surface area contributed by atoms with Gasteiger partial charge in [0.15, 0.2) is 0 Å². The quantitative estimate of drug-likeness (QED) is 0.850. The maximum Gasteiger partial charge on any atom is 0.367 e. The number of hydrogen-bond acceptors (Lipinski definition) is 5. The zero-order chi connectivity index (χ0) is 18.5. The number of ether oxygens (including phenoxy) is 2. The molecule has 8 heteroatoms. The van der Waals surface area contributed by atoms with E-state index in [1.807, 2.05) is 0 Å². The first-order valence-corrected chi connectivity index (χ1v) is 9.43. The Kier molecular flexibility index (Phi) is 5.92. The lowest BCUT2D eigenvalue weighted by atomic mass is 9.87. The van der Waals surface area contributed by atoms with Gasteiger partial charge in [0.2, 0.25) is 5.91 Å². The van der Waals surface area contributed by atoms with Crippen LogP contribution in [0.25, 0.3) is 0 Å². The fourth-order valence-corrected chi connectivity index (χ4v) is 4.01. The SMILES string of the molecule is COc1cc(NC(=O)CSC2=NC(=O)N=C3CCCCC32)cc(OC)c1. The molecule has 1 atom stereocenters. The number of amides is 3. The van der Waals surface area contributed by atoms with Gasteiger partial charge in [-0.25, -0.2) is 9.79 Å². The molecule has 7 nitrogen and oxygen atoms in total. The first kappa shape index (κ1) is 18.4. The van der Waals surface area contributed by atoms with E-state index < -0.39 is 6.03 Å². The normalized spacial score (nSPS) is 19.2. The third kappa shape index (κ3) is 4.43. The molecule has 26 heavy (non-hydrogen) atoms. The summed E-state index contributed by atoms with van der Waals surface area (Å²) in [6.07, 6.45) is 3.92. The molecule has 0 saturated heterocycles. The van der Waals surface area contributed by atoms with Crippen molar-refractivity contribution in [1.29, 1.82) is 0 Å². The van der Waals surface area contributed by atoms with Crippen molar-refractivity contribution in [3.8, 4) is 11.5 Å². The predicted octanol–water partition coefficient (Wildman–Crippen LogP) is 3.54. The number of urea groups is 1. The van der Waals surface area contributed by atoms with Gasteiger partial charge in [-0.05, 0) is 19.3 Å². The molecule has 1 saturated carbocycles. The average molecular weight is 375 g/mol. The van der Waals surface area contributed by atoms with Gasteiger partial charge in [-0.3, -0.25) is 4.79 Å². The van der Waals surface area contributed by atoms with Gasteiger partial charge in [0.05, 0.1) is 25.0 Å². The molecule has 1 fully saturated rings. The summed E-state index contributed by atoms with van der Waals surface area (Å²) < 4.78 is 10.4. The molecule has 3 amide bonds. The number of nitrogens with one attached hydrogen (secondary N) is 1. The Morgan fingerprint density at radius 3 is 2.62 bits per heavy atom. The summed E-state index contributed by atoms with van der Waals surface area (Å²) in [6.45, 7) is 0. The molecule has 1 N–H and O–H groups in total. The van der Waals surface area contributed by atoms with E-state index in [1.165, 1.54) is 11.8 Å². The van der Waals surface area contributed by atoms with Gasteiger partial charge in [0, 0.05) is 35.5 Å². The molecule has 0 spiro atoms. The summed E-state index contributed by atoms with van der Waals surface area (Å²) in [4.78, 5) is 32.1. The van der Waals surface area contributed by atoms with E-state index in [-0.39, 0.29) is 17.6 Å². The highest BCUT2D eigenvalue weighted by Gasteiger charge is 2.30. The van der Waals surface area contributed by atoms with Crippen LogP contribution in [0.4, 0.5) is 10.5 Å². The van der Waals surface area contributed by atoms with E-state index in [1.54, 1.807) is 32.4 Å². The maximum absolute atomic E-state index is 12.3. The third-order valence-electron chi connectivity index (χ3n) is 4.31. The molecule has 0 radical (unpaired) electrons. The van der Waals surface area contributed by atoms with Crippen molar-refractivity contribution < 1.29 is 19.1 Å². The van der Waals surface area contributed by atoms with Gasteiger partial charge in [0.25, 0.3) is 0 Å². The van der Waals surface area contributed by atoms with Crippen molar-refractivity contribution in [2.24, 2.45) is 15.9 Å². The minimum atomic E-state index is -0.460. The minimum Gasteiger partial charge on any atom is -0.497 e. The molecule has 1 aromatic carbocycles. The van der Waals surface area contributed by atoms with Crippen LogP contribution in [-0.4, -0.2) is 42.7 Å². The number of benzene rings is 1. The summed E-state index contributed by atoms with van der Waals surface area (Å²) in [5, 5.41) is 3.53. The second-order valence-electron chi connectivity index (χ2n) is 6.07. The maximum atomic E-state index is 12.3. The lowest BCUT2D eigenvalue weighted by Crippen LogP contribution is -2.31. The van der Waals surface area contributed by atoms with Gasteiger partial charge < -0.3 is 14.8 Å². The fourth-order valence-electron chi connectivity index (χ4n) is 3.06. The third-order valence-corrected chi connectivity index (χ3v) is 5.39. The number of thioether (sulfide) groups is 1. The fraction of sp³-hybridized carbons (Fsp3) is 0.444. The number of fused-ring (bicyclic) bond motifs is 1. The van der Waals surface area contributed by atoms with Crippen molar-refractivity contribution in [3.63, 3.8) is 0 Å². The van der Waals surface area contributed by atoms with E-state index in [2.05, 4.69) is 15.3 Å². The van der Waals surface area contributed by atoms with E-state index in [0.717, 1.165) is 31.4 Å². The number of nitrogens with zero attached hydrogens (tertiary/aromatic N) is 2. The Morgan fingerprint density at radius 2 is 1.92 bits per heavy atom. The smallest absolute Gasteiger partial charge is 0.367 e. The number of methoxy groups -OCH3 is 2. The lowest BCUT2D eigenvalue weighted by Gasteiger charge is -2.26. The predicted molar refractivity (Wildman–Crippen MR) is 103 cm³/mol. The Hall–Kier alpha value is -2.35. The molecule has 1 unspecified atom stereocenters. The zero-order valence-electron chi connectivity index (χ0n) is 14.8. The van der Waals surface area contributed by atoms with Gasteiger partial charge >= 0.3 is 6.03 Å². The number of anilines is 1. The van der Waals surface area contributed by atoms with E-state index in [4.69, 9.17) is 9.47 Å². The highest BCUT2D eigenvalue weighted by Crippen LogP contribution is 2.31. The molecular formula is C18H21N3O4S. The van der Waals surface area contributed by atoms with Gasteiger partial charge in [-0.1, -0.05) is 18.2 Å². The topological polar surface area (TPSA) is 89.3 Å². The number of hydrogen-bond donors (Lipinski definition) is 1. The van der Waals surface area contributed by atoms with Crippen molar-refractivity contribution >= 4 is 40.1 Å². The molecule has 3 rings (SSSR count). The van der Waals surface area contributed by atoms with Crippen LogP contribution in [0.3, 0.4) is 0 Å². The number of aliphatic imine (C=N–C) groups is 2. The van der Waals surface area contributed by atoms with Crippen LogP contribution in [0.2, 0.25) is 0 Å². The van der Waals surface area contributed by atoms with Crippen molar-refractivity contribution in [2.75, 3.05) is 25.3 Å². The van der Waals surface area contributed by atoms with Crippen molar-refractivity contribution in [1.82, 2.24) is 0 Å². The van der Waals surface area contributed by atoms with Crippen LogP contribution in [0.15, 0.2) is 28.2 Å². The van der Waals surface area contributed by atoms with Crippen LogP contribution in [0.1, 0.15) is 25.7 Å². The number of rotatable bonds is 5. The van der Waals surface area contributed by atoms with E-state index in [0.29, 0.717) is 22.2 Å². The Labute approximate surface area is 156 Å². The summed E-state index contributed by atoms with van der Waals surface area (Å²) in [5.41, 5.74) is 1.50. The lowest BCUT2D eigenvalue weighted by molar-refractivity contribution is -0.113. The number of carbonyl (C=O) groups excluding carboxylic acids is 2. The Morgan fingerprint density at radius 1 is 1.19 bits per heavy atom. The molecule has 138 valence electrons. The monoisotopic (exact) mass is 375 g/mol. The van der Waals surface area contributed by atoms with Crippen molar-refractivity contribution in [3.05, 3.63) is 18.2 Å². The van der Waals surface area contributed by atoms with Crippen LogP contribution in [-0.2, 0) is 4.79 Å². The van der Waals surface area contributed by atoms with Crippen LogP contribution < -0.4 is 14.8 Å². The van der Waals surface area contributed by atoms with Crippen LogP contribution in [0, 0.1) is 5.92 Å². The molecule has 0 aromatic heterocycles. The number of carbonyl (C=O) groups is 2. The Balaban J connectivity index is 1.61. The van der Waals surface area contributed by atoms with E-state index in [9.17, 15) is 9.59 Å². The Bertz CT molecular complexity index is 753. The minimum absolute atomic E-state index is 0.0937. The second-order valence-corrected chi connectivity index (χ2v) is 7.07. The largest absolute Gasteiger partial charge is 0.497 e. The van der Waals surface area contributed by atoms with E-state index >= 15 is 0 Å². The molecule has 0 bridgehead atoms. The summed E-state index contributed by atoms with van der Waals surface area (Å²) in [6, 6.07) is 4.71. The molecule has 1 aliphatic heterocycles. The molecular weight excluding hydrogens is 354 g/mol. The molecule has 1 aromatic rings. The molecule has 2 aliphatic rings. The highest BCUT2D eigenvalue weighted by molar-refractivity contribution is 8.14. The van der Waals surface area contributed by atoms with Gasteiger partial charge in [-0.15, -0.1) is 0 Å². The first-order valence-electron chi connectivity index (χ1n) is 8.44. The highest BCUT2D eigenvalue weighted by atomic mass is 32.2. The van der Waals surface area contributed by atoms with Gasteiger partial charge in [-0.2, -0.15) is 4.99 Å². The van der Waals surface area contributed by atoms with Crippen molar-refractivity contribution in [2.45, 2.75) is 25.7 Å². The standard InChI is InChI=1S/C18H21N3O4S/c1-24-12-7-11(8-13(9-12)25-2)19-16(22)10-26-17-14-5-3-4-6-15(14)20-18(23)21-17/h7-9,14H,3-6,10H2,1-2H3,(H,19,22). The summed E-state index contributed by atoms with van der Waals surface area (Å²) in [7, 11) is 3.11. The zero-order valence-corrected chi connectivity index (χ0v) is 15.6. The first-order chi connectivity index (χ1) is 12.6. The van der Waals surface area contributed by atoms with Crippen LogP contribution in [0.5, 0.6) is 11.5 Å². The second kappa shape index (κ2) is 8.35. The molecule has 1 heterocycles. The summed E-state index contributed by atoms with van der Waals surface area (Å²) in [5.74, 6) is 1.28. The average Bonchev–Trinajstić information content (AvgIpc) is 2.65. The van der Waals surface area contributed by atoms with Gasteiger partial charge in [0.1, 0.15) is 11.5 Å².